The minimum absolute atomic E-state index is 0.434. The number of benzene rings is 2. The number of ketones is 2. The topological polar surface area (TPSA) is 52.6 Å². The quantitative estimate of drug-likeness (QED) is 0.600. The molecule has 1 fully saturated rings. The standard InChI is InChI=1S/C18H17BO4/c1-17(2)18(3,4)23-19(22-17)13-9-8-12-14-10(13)6-5-7-11(14)15(20)16(12)21/h5-9H,1-4H3. The molecule has 0 aromatic heterocycles. The molecule has 1 heterocycles. The van der Waals surface area contributed by atoms with Gasteiger partial charge in [-0.3, -0.25) is 9.59 Å². The van der Waals surface area contributed by atoms with Crippen LogP contribution in [0.1, 0.15) is 48.4 Å². The van der Waals surface area contributed by atoms with E-state index in [9.17, 15) is 9.59 Å². The minimum Gasteiger partial charge on any atom is -0.399 e. The van der Waals surface area contributed by atoms with E-state index >= 15 is 0 Å². The van der Waals surface area contributed by atoms with Crippen LogP contribution in [0.15, 0.2) is 30.3 Å². The molecule has 4 rings (SSSR count). The lowest BCUT2D eigenvalue weighted by Crippen LogP contribution is -2.41. The first-order valence-corrected chi connectivity index (χ1v) is 7.73. The van der Waals surface area contributed by atoms with E-state index in [1.54, 1.807) is 18.2 Å². The summed E-state index contributed by atoms with van der Waals surface area (Å²) in [5.74, 6) is -0.867. The van der Waals surface area contributed by atoms with Gasteiger partial charge in [-0.15, -0.1) is 0 Å². The molecule has 0 radical (unpaired) electrons. The summed E-state index contributed by atoms with van der Waals surface area (Å²) in [7, 11) is -0.518. The first-order chi connectivity index (χ1) is 10.7. The van der Waals surface area contributed by atoms with Crippen LogP contribution in [0, 0.1) is 0 Å². The van der Waals surface area contributed by atoms with E-state index in [0.29, 0.717) is 11.1 Å². The van der Waals surface area contributed by atoms with Crippen LogP contribution < -0.4 is 5.46 Å². The molecule has 0 bridgehead atoms. The predicted molar refractivity (Wildman–Crippen MR) is 88.3 cm³/mol. The van der Waals surface area contributed by atoms with E-state index in [0.717, 1.165) is 16.2 Å². The fraction of sp³-hybridized carbons (Fsp3) is 0.333. The Morgan fingerprint density at radius 1 is 0.826 bits per heavy atom. The van der Waals surface area contributed by atoms with E-state index in [2.05, 4.69) is 0 Å². The molecule has 116 valence electrons. The third kappa shape index (κ3) is 1.81. The largest absolute Gasteiger partial charge is 0.495 e. The van der Waals surface area contributed by atoms with Crippen molar-refractivity contribution in [2.45, 2.75) is 38.9 Å². The van der Waals surface area contributed by atoms with Crippen molar-refractivity contribution in [1.82, 2.24) is 0 Å². The Balaban J connectivity index is 1.92. The van der Waals surface area contributed by atoms with E-state index in [4.69, 9.17) is 9.31 Å². The molecule has 0 saturated carbocycles. The zero-order valence-electron chi connectivity index (χ0n) is 13.6. The van der Waals surface area contributed by atoms with Gasteiger partial charge in [-0.2, -0.15) is 0 Å². The summed E-state index contributed by atoms with van der Waals surface area (Å²) in [5, 5.41) is 1.56. The summed E-state index contributed by atoms with van der Waals surface area (Å²) in [6, 6.07) is 8.95. The van der Waals surface area contributed by atoms with Gasteiger partial charge in [-0.1, -0.05) is 30.3 Å². The van der Waals surface area contributed by atoms with E-state index in [-0.39, 0.29) is 0 Å². The molecule has 23 heavy (non-hydrogen) atoms. The van der Waals surface area contributed by atoms with Crippen molar-refractivity contribution in [3.05, 3.63) is 41.5 Å². The predicted octanol–water partition coefficient (Wildman–Crippen LogP) is 2.52. The minimum atomic E-state index is -0.518. The molecule has 1 aliphatic carbocycles. The third-order valence-electron chi connectivity index (χ3n) is 5.28. The summed E-state index contributed by atoms with van der Waals surface area (Å²) in [6.45, 7) is 8.00. The number of rotatable bonds is 1. The van der Waals surface area contributed by atoms with Gasteiger partial charge in [0.25, 0.3) is 0 Å². The molecule has 1 aliphatic heterocycles. The Kier molecular flexibility index (Phi) is 2.73. The first-order valence-electron chi connectivity index (χ1n) is 7.73. The van der Waals surface area contributed by atoms with E-state index < -0.39 is 29.9 Å². The summed E-state index contributed by atoms with van der Waals surface area (Å²) < 4.78 is 12.2. The molecule has 1 saturated heterocycles. The van der Waals surface area contributed by atoms with Crippen LogP contribution in [-0.4, -0.2) is 29.9 Å². The van der Waals surface area contributed by atoms with Gasteiger partial charge in [0, 0.05) is 16.5 Å². The van der Waals surface area contributed by atoms with Crippen molar-refractivity contribution in [2.24, 2.45) is 0 Å². The second-order valence-corrected chi connectivity index (χ2v) is 7.18. The Morgan fingerprint density at radius 3 is 2.00 bits per heavy atom. The molecule has 5 heteroatoms. The lowest BCUT2D eigenvalue weighted by molar-refractivity contribution is 0.00578. The molecule has 2 aromatic carbocycles. The highest BCUT2D eigenvalue weighted by atomic mass is 16.7. The van der Waals surface area contributed by atoms with Gasteiger partial charge >= 0.3 is 7.12 Å². The molecule has 0 atom stereocenters. The summed E-state index contributed by atoms with van der Waals surface area (Å²) in [4.78, 5) is 24.2. The molecule has 0 N–H and O–H groups in total. The summed E-state index contributed by atoms with van der Waals surface area (Å²) in [6.07, 6.45) is 0. The molecular formula is C18H17BO4. The van der Waals surface area contributed by atoms with Crippen LogP contribution in [0.3, 0.4) is 0 Å². The summed E-state index contributed by atoms with van der Waals surface area (Å²) >= 11 is 0. The van der Waals surface area contributed by atoms with Crippen LogP contribution in [0.4, 0.5) is 0 Å². The zero-order valence-corrected chi connectivity index (χ0v) is 13.6. The summed E-state index contributed by atoms with van der Waals surface area (Å²) in [5.41, 5.74) is 0.923. The maximum atomic E-state index is 12.1. The maximum absolute atomic E-state index is 12.1. The van der Waals surface area contributed by atoms with Crippen molar-refractivity contribution >= 4 is 34.9 Å². The van der Waals surface area contributed by atoms with Gasteiger partial charge in [-0.05, 0) is 38.5 Å². The second kappa shape index (κ2) is 4.31. The van der Waals surface area contributed by atoms with Crippen LogP contribution >= 0.6 is 0 Å². The number of carbonyl (C=O) groups is 2. The smallest absolute Gasteiger partial charge is 0.399 e. The van der Waals surface area contributed by atoms with E-state index in [1.807, 2.05) is 39.8 Å². The molecular weight excluding hydrogens is 291 g/mol. The SMILES string of the molecule is CC1(C)OB(c2ccc3c4c(cccc24)C(=O)C3=O)OC1(C)C. The van der Waals surface area contributed by atoms with Crippen molar-refractivity contribution in [2.75, 3.05) is 0 Å². The average molecular weight is 308 g/mol. The molecule has 0 amide bonds. The van der Waals surface area contributed by atoms with Gasteiger partial charge in [0.1, 0.15) is 0 Å². The molecule has 2 aromatic rings. The lowest BCUT2D eigenvalue weighted by Gasteiger charge is -2.32. The molecule has 0 spiro atoms. The highest BCUT2D eigenvalue weighted by molar-refractivity contribution is 6.66. The van der Waals surface area contributed by atoms with Gasteiger partial charge in [0.2, 0.25) is 11.6 Å². The zero-order chi connectivity index (χ0) is 16.6. The van der Waals surface area contributed by atoms with Gasteiger partial charge < -0.3 is 9.31 Å². The van der Waals surface area contributed by atoms with Crippen LogP contribution in [0.5, 0.6) is 0 Å². The number of hydrogen-bond acceptors (Lipinski definition) is 4. The lowest BCUT2D eigenvalue weighted by atomic mass is 9.75. The third-order valence-corrected chi connectivity index (χ3v) is 5.28. The highest BCUT2D eigenvalue weighted by Gasteiger charge is 2.52. The molecule has 2 aliphatic rings. The fourth-order valence-electron chi connectivity index (χ4n) is 3.23. The monoisotopic (exact) mass is 308 g/mol. The van der Waals surface area contributed by atoms with Gasteiger partial charge in [0.05, 0.1) is 11.2 Å². The van der Waals surface area contributed by atoms with Gasteiger partial charge in [-0.25, -0.2) is 0 Å². The van der Waals surface area contributed by atoms with E-state index in [1.165, 1.54) is 0 Å². The van der Waals surface area contributed by atoms with Gasteiger partial charge in [0.15, 0.2) is 0 Å². The Morgan fingerprint density at radius 2 is 1.39 bits per heavy atom. The fourth-order valence-corrected chi connectivity index (χ4v) is 3.23. The number of Topliss-reactive ketones (excluding diaryl/α,β-unsaturated/α-hetero) is 2. The highest BCUT2D eigenvalue weighted by Crippen LogP contribution is 2.38. The van der Waals surface area contributed by atoms with Crippen molar-refractivity contribution in [3.63, 3.8) is 0 Å². The first kappa shape index (κ1) is 14.6. The Hall–Kier alpha value is -1.98. The normalized spacial score (nSPS) is 21.5. The second-order valence-electron chi connectivity index (χ2n) is 7.18. The van der Waals surface area contributed by atoms with Crippen LogP contribution in [-0.2, 0) is 9.31 Å². The number of carbonyl (C=O) groups excluding carboxylic acids is 2. The number of hydrogen-bond donors (Lipinski definition) is 0. The van der Waals surface area contributed by atoms with Crippen molar-refractivity contribution in [3.8, 4) is 0 Å². The maximum Gasteiger partial charge on any atom is 0.495 e. The van der Waals surface area contributed by atoms with Crippen LogP contribution in [0.2, 0.25) is 0 Å². The van der Waals surface area contributed by atoms with Crippen molar-refractivity contribution < 1.29 is 18.9 Å². The van der Waals surface area contributed by atoms with Crippen molar-refractivity contribution in [1.29, 1.82) is 0 Å². The molecule has 4 nitrogen and oxygen atoms in total. The van der Waals surface area contributed by atoms with Crippen LogP contribution in [0.25, 0.3) is 10.8 Å². The Labute approximate surface area is 134 Å². The Bertz CT molecular complexity index is 846. The average Bonchev–Trinajstić information content (AvgIpc) is 2.86. The molecule has 0 unspecified atom stereocenters.